The number of carbonyl (C=O) groups is 1. The second kappa shape index (κ2) is 5.79. The van der Waals surface area contributed by atoms with Crippen LogP contribution in [0.25, 0.3) is 0 Å². The molecule has 1 fully saturated rings. The minimum atomic E-state index is -0.0975. The summed E-state index contributed by atoms with van der Waals surface area (Å²) in [6, 6.07) is 3.67. The standard InChI is InChI=1S/C12H18N4O2/c1-3-18-12-10(5-4-6-13-12)15-11(17)9-7-14-16-8(9)2/h4-6,8-9,14,16H,3,7H2,1-2H3,(H,15,17). The Morgan fingerprint density at radius 2 is 2.50 bits per heavy atom. The molecule has 3 N–H and O–H groups in total. The molecule has 2 unspecified atom stereocenters. The maximum atomic E-state index is 12.1. The number of hydrazine groups is 1. The number of amides is 1. The van der Waals surface area contributed by atoms with Gasteiger partial charge in [0.2, 0.25) is 11.8 Å². The molecule has 6 nitrogen and oxygen atoms in total. The summed E-state index contributed by atoms with van der Waals surface area (Å²) < 4.78 is 5.37. The van der Waals surface area contributed by atoms with Crippen LogP contribution in [0.1, 0.15) is 13.8 Å². The first-order chi connectivity index (χ1) is 8.72. The minimum absolute atomic E-state index is 0.0334. The summed E-state index contributed by atoms with van der Waals surface area (Å²) in [4.78, 5) is 16.2. The highest BCUT2D eigenvalue weighted by Crippen LogP contribution is 2.22. The monoisotopic (exact) mass is 250 g/mol. The van der Waals surface area contributed by atoms with E-state index >= 15 is 0 Å². The van der Waals surface area contributed by atoms with Crippen molar-refractivity contribution in [2.75, 3.05) is 18.5 Å². The van der Waals surface area contributed by atoms with Crippen LogP contribution in [0, 0.1) is 5.92 Å². The molecule has 1 amide bonds. The molecule has 0 spiro atoms. The van der Waals surface area contributed by atoms with Crippen LogP contribution in [0.2, 0.25) is 0 Å². The van der Waals surface area contributed by atoms with Crippen molar-refractivity contribution in [1.82, 2.24) is 15.8 Å². The third kappa shape index (κ3) is 2.77. The molecule has 98 valence electrons. The number of hydrogen-bond acceptors (Lipinski definition) is 5. The maximum Gasteiger partial charge on any atom is 0.237 e. The van der Waals surface area contributed by atoms with E-state index < -0.39 is 0 Å². The number of ether oxygens (including phenoxy) is 1. The average Bonchev–Trinajstić information content (AvgIpc) is 2.78. The van der Waals surface area contributed by atoms with Crippen molar-refractivity contribution in [1.29, 1.82) is 0 Å². The van der Waals surface area contributed by atoms with Crippen molar-refractivity contribution in [3.05, 3.63) is 18.3 Å². The van der Waals surface area contributed by atoms with Gasteiger partial charge in [0, 0.05) is 18.8 Å². The van der Waals surface area contributed by atoms with Gasteiger partial charge in [0.1, 0.15) is 5.69 Å². The number of hydrogen-bond donors (Lipinski definition) is 3. The zero-order valence-corrected chi connectivity index (χ0v) is 10.6. The van der Waals surface area contributed by atoms with Gasteiger partial charge in [0.05, 0.1) is 12.5 Å². The summed E-state index contributed by atoms with van der Waals surface area (Å²) in [5, 5.41) is 2.86. The molecular formula is C12H18N4O2. The van der Waals surface area contributed by atoms with Crippen LogP contribution in [0.3, 0.4) is 0 Å². The Bertz CT molecular complexity index is 424. The van der Waals surface area contributed by atoms with Gasteiger partial charge in [-0.3, -0.25) is 15.6 Å². The van der Waals surface area contributed by atoms with Crippen LogP contribution in [-0.4, -0.2) is 30.1 Å². The predicted molar refractivity (Wildman–Crippen MR) is 68.1 cm³/mol. The van der Waals surface area contributed by atoms with Crippen LogP contribution in [0.15, 0.2) is 18.3 Å². The molecule has 2 rings (SSSR count). The minimum Gasteiger partial charge on any atom is -0.476 e. The zero-order chi connectivity index (χ0) is 13.0. The van der Waals surface area contributed by atoms with Gasteiger partial charge in [-0.05, 0) is 26.0 Å². The molecule has 18 heavy (non-hydrogen) atoms. The molecule has 1 aromatic heterocycles. The van der Waals surface area contributed by atoms with Crippen LogP contribution in [0.4, 0.5) is 5.69 Å². The Morgan fingerprint density at radius 3 is 3.17 bits per heavy atom. The summed E-state index contributed by atoms with van der Waals surface area (Å²) in [5.74, 6) is 0.327. The van der Waals surface area contributed by atoms with Crippen molar-refractivity contribution in [2.45, 2.75) is 19.9 Å². The van der Waals surface area contributed by atoms with E-state index in [2.05, 4.69) is 21.2 Å². The Morgan fingerprint density at radius 1 is 1.67 bits per heavy atom. The van der Waals surface area contributed by atoms with E-state index in [1.807, 2.05) is 13.8 Å². The number of aromatic nitrogens is 1. The number of nitrogens with zero attached hydrogens (tertiary/aromatic N) is 1. The van der Waals surface area contributed by atoms with Crippen molar-refractivity contribution in [3.63, 3.8) is 0 Å². The molecule has 6 heteroatoms. The highest BCUT2D eigenvalue weighted by atomic mass is 16.5. The van der Waals surface area contributed by atoms with Gasteiger partial charge in [-0.15, -0.1) is 0 Å². The van der Waals surface area contributed by atoms with E-state index in [1.165, 1.54) is 0 Å². The molecule has 2 atom stereocenters. The highest BCUT2D eigenvalue weighted by molar-refractivity contribution is 5.94. The van der Waals surface area contributed by atoms with Gasteiger partial charge in [-0.2, -0.15) is 0 Å². The average molecular weight is 250 g/mol. The summed E-state index contributed by atoms with van der Waals surface area (Å²) in [6.45, 7) is 4.99. The van der Waals surface area contributed by atoms with Crippen LogP contribution in [-0.2, 0) is 4.79 Å². The van der Waals surface area contributed by atoms with E-state index in [1.54, 1.807) is 18.3 Å². The lowest BCUT2D eigenvalue weighted by atomic mass is 10.0. The van der Waals surface area contributed by atoms with E-state index in [0.717, 1.165) is 0 Å². The molecule has 1 aliphatic rings. The third-order valence-electron chi connectivity index (χ3n) is 2.90. The normalized spacial score (nSPS) is 22.8. The third-order valence-corrected chi connectivity index (χ3v) is 2.90. The van der Waals surface area contributed by atoms with E-state index in [0.29, 0.717) is 24.7 Å². The molecule has 0 bridgehead atoms. The second-order valence-electron chi connectivity index (χ2n) is 4.20. The SMILES string of the molecule is CCOc1ncccc1NC(=O)C1CNNC1C. The predicted octanol–water partition coefficient (Wildman–Crippen LogP) is 0.531. The van der Waals surface area contributed by atoms with Gasteiger partial charge < -0.3 is 10.1 Å². The molecule has 0 radical (unpaired) electrons. The van der Waals surface area contributed by atoms with Crippen LogP contribution in [0.5, 0.6) is 5.88 Å². The maximum absolute atomic E-state index is 12.1. The molecule has 1 aliphatic heterocycles. The smallest absolute Gasteiger partial charge is 0.237 e. The molecule has 0 aliphatic carbocycles. The number of carbonyl (C=O) groups excluding carboxylic acids is 1. The first-order valence-corrected chi connectivity index (χ1v) is 6.09. The molecule has 0 saturated carbocycles. The van der Waals surface area contributed by atoms with Crippen molar-refractivity contribution < 1.29 is 9.53 Å². The lowest BCUT2D eigenvalue weighted by Crippen LogP contribution is -2.33. The second-order valence-corrected chi connectivity index (χ2v) is 4.20. The Labute approximate surface area is 106 Å². The quantitative estimate of drug-likeness (QED) is 0.727. The number of rotatable bonds is 4. The fourth-order valence-electron chi connectivity index (χ4n) is 1.89. The Balaban J connectivity index is 2.06. The fourth-order valence-corrected chi connectivity index (χ4v) is 1.89. The summed E-state index contributed by atoms with van der Waals surface area (Å²) in [6.07, 6.45) is 1.64. The van der Waals surface area contributed by atoms with Gasteiger partial charge >= 0.3 is 0 Å². The lowest BCUT2D eigenvalue weighted by molar-refractivity contribution is -0.119. The van der Waals surface area contributed by atoms with Gasteiger partial charge in [0.15, 0.2) is 0 Å². The van der Waals surface area contributed by atoms with Crippen molar-refractivity contribution in [2.24, 2.45) is 5.92 Å². The van der Waals surface area contributed by atoms with E-state index in [9.17, 15) is 4.79 Å². The highest BCUT2D eigenvalue weighted by Gasteiger charge is 2.29. The Kier molecular flexibility index (Phi) is 4.11. The molecule has 0 aromatic carbocycles. The molecule has 1 saturated heterocycles. The summed E-state index contributed by atoms with van der Waals surface area (Å²) in [5.41, 5.74) is 6.60. The van der Waals surface area contributed by atoms with Crippen molar-refractivity contribution in [3.8, 4) is 5.88 Å². The zero-order valence-electron chi connectivity index (χ0n) is 10.6. The Hall–Kier alpha value is -1.66. The van der Waals surface area contributed by atoms with Crippen molar-refractivity contribution >= 4 is 11.6 Å². The van der Waals surface area contributed by atoms with Gasteiger partial charge in [0.25, 0.3) is 0 Å². The topological polar surface area (TPSA) is 75.3 Å². The summed E-state index contributed by atoms with van der Waals surface area (Å²) >= 11 is 0. The number of anilines is 1. The first kappa shape index (κ1) is 12.8. The van der Waals surface area contributed by atoms with Crippen LogP contribution < -0.4 is 20.9 Å². The molecular weight excluding hydrogens is 232 g/mol. The lowest BCUT2D eigenvalue weighted by Gasteiger charge is -2.15. The fraction of sp³-hybridized carbons (Fsp3) is 0.500. The summed E-state index contributed by atoms with van der Waals surface area (Å²) in [7, 11) is 0. The number of nitrogens with one attached hydrogen (secondary N) is 3. The number of pyridine rings is 1. The largest absolute Gasteiger partial charge is 0.476 e. The van der Waals surface area contributed by atoms with E-state index in [4.69, 9.17) is 4.74 Å². The van der Waals surface area contributed by atoms with E-state index in [-0.39, 0.29) is 17.9 Å². The van der Waals surface area contributed by atoms with Crippen LogP contribution >= 0.6 is 0 Å². The molecule has 1 aromatic rings. The van der Waals surface area contributed by atoms with Gasteiger partial charge in [-0.1, -0.05) is 0 Å². The molecule has 2 heterocycles. The first-order valence-electron chi connectivity index (χ1n) is 6.09. The van der Waals surface area contributed by atoms with Gasteiger partial charge in [-0.25, -0.2) is 4.98 Å².